The maximum Gasteiger partial charge on any atom is 0.209 e. The molecule has 2 aromatic rings. The molecule has 19 heavy (non-hydrogen) atoms. The van der Waals surface area contributed by atoms with Gasteiger partial charge >= 0.3 is 0 Å². The minimum Gasteiger partial charge on any atom is -0.508 e. The van der Waals surface area contributed by atoms with Crippen molar-refractivity contribution in [2.24, 2.45) is 0 Å². The van der Waals surface area contributed by atoms with Gasteiger partial charge in [0, 0.05) is 12.6 Å². The van der Waals surface area contributed by atoms with Crippen LogP contribution in [0.1, 0.15) is 18.4 Å². The van der Waals surface area contributed by atoms with Gasteiger partial charge in [-0.3, -0.25) is 4.79 Å². The van der Waals surface area contributed by atoms with E-state index in [4.69, 9.17) is 0 Å². The number of benzene rings is 2. The molecular formula is C16H17NO2. The van der Waals surface area contributed by atoms with E-state index in [2.05, 4.69) is 6.07 Å². The fraction of sp³-hybridized carbons (Fsp3) is 0.312. The van der Waals surface area contributed by atoms with Crippen LogP contribution in [0, 0.1) is 0 Å². The number of amides is 1. The molecule has 1 fully saturated rings. The van der Waals surface area contributed by atoms with Crippen molar-refractivity contribution in [2.45, 2.75) is 25.3 Å². The third kappa shape index (κ3) is 2.55. The lowest BCUT2D eigenvalue weighted by atomic mass is 10.0. The average molecular weight is 255 g/mol. The molecule has 3 nitrogen and oxygen atoms in total. The summed E-state index contributed by atoms with van der Waals surface area (Å²) < 4.78 is 0. The molecule has 1 saturated carbocycles. The molecule has 1 N–H and O–H groups in total. The average Bonchev–Trinajstić information content (AvgIpc) is 3.24. The van der Waals surface area contributed by atoms with Gasteiger partial charge in [-0.2, -0.15) is 0 Å². The van der Waals surface area contributed by atoms with E-state index in [0.717, 1.165) is 43.0 Å². The number of phenolic OH excluding ortho intramolecular Hbond substituents is 1. The number of hydrogen-bond donors (Lipinski definition) is 1. The first-order valence-electron chi connectivity index (χ1n) is 6.69. The third-order valence-electron chi connectivity index (χ3n) is 3.75. The van der Waals surface area contributed by atoms with E-state index in [-0.39, 0.29) is 5.75 Å². The zero-order valence-electron chi connectivity index (χ0n) is 10.7. The predicted molar refractivity (Wildman–Crippen MR) is 75.1 cm³/mol. The van der Waals surface area contributed by atoms with Crippen LogP contribution in [0.4, 0.5) is 0 Å². The summed E-state index contributed by atoms with van der Waals surface area (Å²) in [7, 11) is 0. The van der Waals surface area contributed by atoms with Gasteiger partial charge in [0.15, 0.2) is 0 Å². The molecule has 0 bridgehead atoms. The highest BCUT2D eigenvalue weighted by Gasteiger charge is 2.27. The lowest BCUT2D eigenvalue weighted by Crippen LogP contribution is -2.26. The summed E-state index contributed by atoms with van der Waals surface area (Å²) in [5.41, 5.74) is 1.18. The summed E-state index contributed by atoms with van der Waals surface area (Å²) in [5, 5.41) is 11.8. The molecule has 0 unspecified atom stereocenters. The van der Waals surface area contributed by atoms with Crippen LogP contribution < -0.4 is 0 Å². The van der Waals surface area contributed by atoms with E-state index in [1.807, 2.05) is 23.1 Å². The van der Waals surface area contributed by atoms with Crippen molar-refractivity contribution in [3.05, 3.63) is 42.0 Å². The van der Waals surface area contributed by atoms with Crippen LogP contribution in [-0.2, 0) is 11.2 Å². The van der Waals surface area contributed by atoms with Crippen LogP contribution in [0.25, 0.3) is 10.8 Å². The van der Waals surface area contributed by atoms with Crippen molar-refractivity contribution in [1.29, 1.82) is 0 Å². The van der Waals surface area contributed by atoms with Crippen LogP contribution >= 0.6 is 0 Å². The Balaban J connectivity index is 1.83. The lowest BCUT2D eigenvalue weighted by molar-refractivity contribution is -0.118. The second-order valence-electron chi connectivity index (χ2n) is 5.15. The van der Waals surface area contributed by atoms with Gasteiger partial charge in [0.1, 0.15) is 5.75 Å². The zero-order valence-corrected chi connectivity index (χ0v) is 10.7. The molecule has 0 saturated heterocycles. The Morgan fingerprint density at radius 3 is 2.84 bits per heavy atom. The first kappa shape index (κ1) is 12.0. The first-order valence-corrected chi connectivity index (χ1v) is 6.69. The van der Waals surface area contributed by atoms with Crippen molar-refractivity contribution in [2.75, 3.05) is 6.54 Å². The maximum absolute atomic E-state index is 11.0. The van der Waals surface area contributed by atoms with E-state index >= 15 is 0 Å². The fourth-order valence-corrected chi connectivity index (χ4v) is 2.52. The third-order valence-corrected chi connectivity index (χ3v) is 3.75. The van der Waals surface area contributed by atoms with Gasteiger partial charge in [0.25, 0.3) is 0 Å². The molecule has 0 heterocycles. The van der Waals surface area contributed by atoms with Crippen molar-refractivity contribution in [3.8, 4) is 5.75 Å². The monoisotopic (exact) mass is 255 g/mol. The quantitative estimate of drug-likeness (QED) is 0.834. The highest BCUT2D eigenvalue weighted by Crippen LogP contribution is 2.27. The van der Waals surface area contributed by atoms with Crippen molar-refractivity contribution in [1.82, 2.24) is 4.90 Å². The number of phenols is 1. The molecule has 2 aromatic carbocycles. The fourth-order valence-electron chi connectivity index (χ4n) is 2.52. The Bertz CT molecular complexity index is 605. The molecule has 3 heteroatoms. The van der Waals surface area contributed by atoms with Gasteiger partial charge < -0.3 is 10.0 Å². The largest absolute Gasteiger partial charge is 0.508 e. The number of aromatic hydroxyl groups is 1. The second-order valence-corrected chi connectivity index (χ2v) is 5.15. The Morgan fingerprint density at radius 2 is 2.11 bits per heavy atom. The van der Waals surface area contributed by atoms with Crippen LogP contribution in [0.2, 0.25) is 0 Å². The number of rotatable bonds is 5. The van der Waals surface area contributed by atoms with Gasteiger partial charge in [-0.1, -0.05) is 24.3 Å². The summed E-state index contributed by atoms with van der Waals surface area (Å²) in [6.45, 7) is 0.753. The molecular weight excluding hydrogens is 238 g/mol. The summed E-state index contributed by atoms with van der Waals surface area (Å²) in [4.78, 5) is 12.9. The van der Waals surface area contributed by atoms with E-state index in [9.17, 15) is 9.90 Å². The van der Waals surface area contributed by atoms with Gasteiger partial charge in [-0.05, 0) is 47.7 Å². The molecule has 1 amide bonds. The SMILES string of the molecule is O=CN(CCc1cccc2ccc(O)cc12)C1CC1. The number of carbonyl (C=O) groups is 1. The number of hydrogen-bond acceptors (Lipinski definition) is 2. The zero-order chi connectivity index (χ0) is 13.2. The van der Waals surface area contributed by atoms with Gasteiger partial charge in [-0.15, -0.1) is 0 Å². The minimum atomic E-state index is 0.286. The topological polar surface area (TPSA) is 40.5 Å². The smallest absolute Gasteiger partial charge is 0.209 e. The van der Waals surface area contributed by atoms with E-state index in [0.29, 0.717) is 6.04 Å². The van der Waals surface area contributed by atoms with Crippen molar-refractivity contribution in [3.63, 3.8) is 0 Å². The van der Waals surface area contributed by atoms with Crippen LogP contribution in [0.15, 0.2) is 36.4 Å². The second kappa shape index (κ2) is 4.92. The molecule has 0 spiro atoms. The standard InChI is InChI=1S/C16H17NO2/c18-11-17(14-5-6-14)9-8-13-3-1-2-12-4-7-15(19)10-16(12)13/h1-4,7,10-11,14,19H,5-6,8-9H2. The van der Waals surface area contributed by atoms with Crippen LogP contribution in [-0.4, -0.2) is 29.0 Å². The molecule has 1 aliphatic carbocycles. The van der Waals surface area contributed by atoms with Gasteiger partial charge in [-0.25, -0.2) is 0 Å². The Kier molecular flexibility index (Phi) is 3.11. The molecule has 1 aliphatic rings. The molecule has 0 aromatic heterocycles. The summed E-state index contributed by atoms with van der Waals surface area (Å²) in [6.07, 6.45) is 4.06. The number of nitrogens with zero attached hydrogens (tertiary/aromatic N) is 1. The Hall–Kier alpha value is -2.03. The van der Waals surface area contributed by atoms with Crippen LogP contribution in [0.5, 0.6) is 5.75 Å². The molecule has 3 rings (SSSR count). The summed E-state index contributed by atoms with van der Waals surface area (Å²) >= 11 is 0. The van der Waals surface area contributed by atoms with E-state index in [1.165, 1.54) is 5.56 Å². The number of carbonyl (C=O) groups excluding carboxylic acids is 1. The minimum absolute atomic E-state index is 0.286. The summed E-state index contributed by atoms with van der Waals surface area (Å²) in [6, 6.07) is 12.0. The molecule has 0 aliphatic heterocycles. The Morgan fingerprint density at radius 1 is 1.26 bits per heavy atom. The normalized spacial score (nSPS) is 14.5. The molecule has 98 valence electrons. The lowest BCUT2D eigenvalue weighted by Gasteiger charge is -2.17. The van der Waals surface area contributed by atoms with Crippen molar-refractivity contribution < 1.29 is 9.90 Å². The molecule has 0 atom stereocenters. The summed E-state index contributed by atoms with van der Waals surface area (Å²) in [5.74, 6) is 0.286. The molecule has 0 radical (unpaired) electrons. The highest BCUT2D eigenvalue weighted by atomic mass is 16.3. The highest BCUT2D eigenvalue weighted by molar-refractivity contribution is 5.87. The van der Waals surface area contributed by atoms with Gasteiger partial charge in [0.05, 0.1) is 0 Å². The first-order chi connectivity index (χ1) is 9.28. The van der Waals surface area contributed by atoms with Crippen molar-refractivity contribution >= 4 is 17.2 Å². The number of fused-ring (bicyclic) bond motifs is 1. The van der Waals surface area contributed by atoms with Gasteiger partial charge in [0.2, 0.25) is 6.41 Å². The Labute approximate surface area is 112 Å². The van der Waals surface area contributed by atoms with E-state index < -0.39 is 0 Å². The van der Waals surface area contributed by atoms with Crippen LogP contribution in [0.3, 0.4) is 0 Å². The predicted octanol–water partition coefficient (Wildman–Crippen LogP) is 2.71. The maximum atomic E-state index is 11.0. The van der Waals surface area contributed by atoms with E-state index in [1.54, 1.807) is 12.1 Å².